The van der Waals surface area contributed by atoms with Crippen molar-refractivity contribution in [1.82, 2.24) is 9.55 Å². The zero-order valence-corrected chi connectivity index (χ0v) is 15.9. The lowest BCUT2D eigenvalue weighted by molar-refractivity contribution is -0.114. The van der Waals surface area contributed by atoms with Gasteiger partial charge in [-0.25, -0.2) is 4.98 Å². The zero-order chi connectivity index (χ0) is 18.7. The van der Waals surface area contributed by atoms with Crippen molar-refractivity contribution in [2.24, 2.45) is 0 Å². The molecule has 3 aromatic rings. The minimum atomic E-state index is -0.160. The van der Waals surface area contributed by atoms with E-state index in [0.717, 1.165) is 0 Å². The minimum Gasteiger partial charge on any atom is -0.326 e. The second kappa shape index (κ2) is 7.84. The molecule has 26 heavy (non-hydrogen) atoms. The quantitative estimate of drug-likeness (QED) is 0.398. The van der Waals surface area contributed by atoms with Crippen LogP contribution in [0.3, 0.4) is 0 Å². The number of benzene rings is 1. The maximum atomic E-state index is 12.5. The van der Waals surface area contributed by atoms with E-state index in [1.54, 1.807) is 28.8 Å². The molecule has 0 atom stereocenters. The number of amides is 1. The normalized spacial score (nSPS) is 10.8. The molecule has 0 saturated heterocycles. The molecule has 0 radical (unpaired) electrons. The second-order valence-electron chi connectivity index (χ2n) is 5.55. The Bertz CT molecular complexity index is 1020. The summed E-state index contributed by atoms with van der Waals surface area (Å²) in [7, 11) is 0. The van der Waals surface area contributed by atoms with E-state index in [1.165, 1.54) is 30.0 Å². The molecule has 0 aliphatic carbocycles. The summed E-state index contributed by atoms with van der Waals surface area (Å²) in [6.45, 7) is 3.82. The molecule has 1 amide bonds. The minimum absolute atomic E-state index is 0.0632. The van der Waals surface area contributed by atoms with E-state index < -0.39 is 0 Å². The third-order valence-electron chi connectivity index (χ3n) is 3.71. The summed E-state index contributed by atoms with van der Waals surface area (Å²) in [4.78, 5) is 40.5. The summed E-state index contributed by atoms with van der Waals surface area (Å²) >= 11 is 2.64. The molecule has 0 bridgehead atoms. The van der Waals surface area contributed by atoms with Gasteiger partial charge in [-0.3, -0.25) is 19.0 Å². The molecule has 6 nitrogen and oxygen atoms in total. The first-order valence-corrected chi connectivity index (χ1v) is 9.87. The van der Waals surface area contributed by atoms with Gasteiger partial charge >= 0.3 is 0 Å². The summed E-state index contributed by atoms with van der Waals surface area (Å²) in [5, 5.41) is 5.05. The number of hydrogen-bond acceptors (Lipinski definition) is 6. The Morgan fingerprint density at radius 2 is 1.96 bits per heavy atom. The van der Waals surface area contributed by atoms with Crippen LogP contribution in [0, 0.1) is 0 Å². The van der Waals surface area contributed by atoms with E-state index in [2.05, 4.69) is 10.3 Å². The van der Waals surface area contributed by atoms with E-state index >= 15 is 0 Å². The third-order valence-corrected chi connectivity index (χ3v) is 5.57. The first-order valence-electron chi connectivity index (χ1n) is 8.01. The highest BCUT2D eigenvalue weighted by molar-refractivity contribution is 7.99. The van der Waals surface area contributed by atoms with Crippen molar-refractivity contribution in [3.05, 3.63) is 51.6 Å². The average molecular weight is 387 g/mol. The van der Waals surface area contributed by atoms with Gasteiger partial charge in [-0.15, -0.1) is 11.3 Å². The molecule has 1 aromatic carbocycles. The number of carbonyl (C=O) groups excluding carboxylic acids is 2. The predicted octanol–water partition coefficient (Wildman–Crippen LogP) is 3.41. The SMILES string of the molecule is CCn1c(SCC(=O)c2ccc(NC(C)=O)cc2)nc2ccsc2c1=O. The van der Waals surface area contributed by atoms with E-state index in [9.17, 15) is 14.4 Å². The van der Waals surface area contributed by atoms with Crippen LogP contribution in [0.4, 0.5) is 5.69 Å². The van der Waals surface area contributed by atoms with Crippen LogP contribution in [0.15, 0.2) is 45.7 Å². The van der Waals surface area contributed by atoms with Crippen LogP contribution < -0.4 is 10.9 Å². The first kappa shape index (κ1) is 18.3. The van der Waals surface area contributed by atoms with Crippen LogP contribution in [0.1, 0.15) is 24.2 Å². The molecular formula is C18H17N3O3S2. The Kier molecular flexibility index (Phi) is 5.53. The summed E-state index contributed by atoms with van der Waals surface area (Å²) in [6.07, 6.45) is 0. The number of aromatic nitrogens is 2. The van der Waals surface area contributed by atoms with Gasteiger partial charge in [-0.2, -0.15) is 0 Å². The Morgan fingerprint density at radius 1 is 1.23 bits per heavy atom. The molecule has 2 aromatic heterocycles. The van der Waals surface area contributed by atoms with Crippen molar-refractivity contribution >= 4 is 50.7 Å². The fourth-order valence-electron chi connectivity index (χ4n) is 2.47. The fraction of sp³-hybridized carbons (Fsp3) is 0.222. The molecule has 0 fully saturated rings. The number of nitrogens with one attached hydrogen (secondary N) is 1. The number of hydrogen-bond donors (Lipinski definition) is 1. The number of ketones is 1. The maximum Gasteiger partial charge on any atom is 0.272 e. The second-order valence-corrected chi connectivity index (χ2v) is 7.41. The monoisotopic (exact) mass is 387 g/mol. The summed E-state index contributed by atoms with van der Waals surface area (Å²) < 4.78 is 2.23. The standard InChI is InChI=1S/C18H17N3O3S2/c1-3-21-17(24)16-14(8-9-25-16)20-18(21)26-10-15(23)12-4-6-13(7-5-12)19-11(2)22/h4-9H,3,10H2,1-2H3,(H,19,22). The number of nitrogens with zero attached hydrogens (tertiary/aromatic N) is 2. The van der Waals surface area contributed by atoms with Crippen molar-refractivity contribution in [3.8, 4) is 0 Å². The van der Waals surface area contributed by atoms with Gasteiger partial charge < -0.3 is 5.32 Å². The lowest BCUT2D eigenvalue weighted by Crippen LogP contribution is -2.22. The van der Waals surface area contributed by atoms with E-state index in [-0.39, 0.29) is 23.0 Å². The number of anilines is 1. The molecule has 2 heterocycles. The van der Waals surface area contributed by atoms with Gasteiger partial charge in [0.1, 0.15) is 4.70 Å². The van der Waals surface area contributed by atoms with Gasteiger partial charge in [0.15, 0.2) is 10.9 Å². The summed E-state index contributed by atoms with van der Waals surface area (Å²) in [6, 6.07) is 8.55. The first-order chi connectivity index (χ1) is 12.5. The van der Waals surface area contributed by atoms with Crippen molar-refractivity contribution < 1.29 is 9.59 Å². The average Bonchev–Trinajstić information content (AvgIpc) is 3.09. The van der Waals surface area contributed by atoms with Gasteiger partial charge in [-0.1, -0.05) is 11.8 Å². The Morgan fingerprint density at radius 3 is 2.62 bits per heavy atom. The Balaban J connectivity index is 1.76. The number of fused-ring (bicyclic) bond motifs is 1. The van der Waals surface area contributed by atoms with E-state index in [0.29, 0.717) is 33.2 Å². The molecule has 134 valence electrons. The molecule has 0 aliphatic heterocycles. The highest BCUT2D eigenvalue weighted by Gasteiger charge is 2.14. The fourth-order valence-corrected chi connectivity index (χ4v) is 4.20. The zero-order valence-electron chi connectivity index (χ0n) is 14.3. The molecule has 3 rings (SSSR count). The van der Waals surface area contributed by atoms with Crippen molar-refractivity contribution in [2.75, 3.05) is 11.1 Å². The largest absolute Gasteiger partial charge is 0.326 e. The third kappa shape index (κ3) is 3.86. The van der Waals surface area contributed by atoms with Crippen molar-refractivity contribution in [1.29, 1.82) is 0 Å². The maximum absolute atomic E-state index is 12.5. The number of thiophene rings is 1. The van der Waals surface area contributed by atoms with Crippen molar-refractivity contribution in [2.45, 2.75) is 25.5 Å². The number of rotatable bonds is 6. The molecule has 1 N–H and O–H groups in total. The molecule has 0 saturated carbocycles. The highest BCUT2D eigenvalue weighted by atomic mass is 32.2. The number of carbonyl (C=O) groups is 2. The van der Waals surface area contributed by atoms with Crippen LogP contribution in [-0.2, 0) is 11.3 Å². The van der Waals surface area contributed by atoms with Crippen LogP contribution >= 0.6 is 23.1 Å². The summed E-state index contributed by atoms with van der Waals surface area (Å²) in [5.74, 6) is -0.0413. The van der Waals surface area contributed by atoms with Gasteiger partial charge in [0, 0.05) is 24.7 Å². The van der Waals surface area contributed by atoms with Crippen LogP contribution in [0.5, 0.6) is 0 Å². The highest BCUT2D eigenvalue weighted by Crippen LogP contribution is 2.22. The number of Topliss-reactive ketones (excluding diaryl/α,β-unsaturated/α-hetero) is 1. The summed E-state index contributed by atoms with van der Waals surface area (Å²) in [5.41, 5.74) is 1.79. The van der Waals surface area contributed by atoms with Gasteiger partial charge in [0.2, 0.25) is 5.91 Å². The van der Waals surface area contributed by atoms with Gasteiger partial charge in [0.25, 0.3) is 5.56 Å². The van der Waals surface area contributed by atoms with E-state index in [1.807, 2.05) is 18.4 Å². The predicted molar refractivity (Wildman–Crippen MR) is 105 cm³/mol. The smallest absolute Gasteiger partial charge is 0.272 e. The van der Waals surface area contributed by atoms with Crippen molar-refractivity contribution in [3.63, 3.8) is 0 Å². The van der Waals surface area contributed by atoms with Crippen LogP contribution in [-0.4, -0.2) is 27.0 Å². The molecule has 0 unspecified atom stereocenters. The molecule has 0 aliphatic rings. The van der Waals surface area contributed by atoms with Crippen LogP contribution in [0.2, 0.25) is 0 Å². The Hall–Kier alpha value is -2.45. The van der Waals surface area contributed by atoms with Gasteiger partial charge in [0.05, 0.1) is 11.3 Å². The van der Waals surface area contributed by atoms with Gasteiger partial charge in [-0.05, 0) is 42.6 Å². The van der Waals surface area contributed by atoms with Crippen LogP contribution in [0.25, 0.3) is 10.2 Å². The van der Waals surface area contributed by atoms with E-state index in [4.69, 9.17) is 0 Å². The lowest BCUT2D eigenvalue weighted by atomic mass is 10.1. The molecule has 0 spiro atoms. The molecule has 8 heteroatoms. The Labute approximate surface area is 158 Å². The topological polar surface area (TPSA) is 81.1 Å². The number of thioether (sulfide) groups is 1. The lowest BCUT2D eigenvalue weighted by Gasteiger charge is -2.09. The molecular weight excluding hydrogens is 370 g/mol.